The third-order valence-corrected chi connectivity index (χ3v) is 3.93. The zero-order chi connectivity index (χ0) is 14.1. The maximum Gasteiger partial charge on any atom is 0.220 e. The second-order valence-corrected chi connectivity index (χ2v) is 5.23. The van der Waals surface area contributed by atoms with Gasteiger partial charge in [-0.05, 0) is 24.5 Å². The van der Waals surface area contributed by atoms with Crippen LogP contribution in [0.2, 0.25) is 0 Å². The quantitative estimate of drug-likeness (QED) is 0.706. The van der Waals surface area contributed by atoms with Gasteiger partial charge in [-0.3, -0.25) is 9.59 Å². The molecule has 19 heavy (non-hydrogen) atoms. The molecule has 0 aliphatic heterocycles. The van der Waals surface area contributed by atoms with E-state index >= 15 is 0 Å². The van der Waals surface area contributed by atoms with Crippen molar-refractivity contribution in [2.75, 3.05) is 26.2 Å². The molecule has 0 atom stereocenters. The van der Waals surface area contributed by atoms with Crippen molar-refractivity contribution >= 4 is 23.0 Å². The maximum absolute atomic E-state index is 11.7. The Morgan fingerprint density at radius 3 is 2.58 bits per heavy atom. The molecule has 106 valence electrons. The van der Waals surface area contributed by atoms with Gasteiger partial charge in [0.2, 0.25) is 5.91 Å². The Morgan fingerprint density at radius 1 is 1.26 bits per heavy atom. The van der Waals surface area contributed by atoms with Gasteiger partial charge in [-0.25, -0.2) is 0 Å². The first-order chi connectivity index (χ1) is 9.17. The van der Waals surface area contributed by atoms with E-state index in [1.807, 2.05) is 11.4 Å². The zero-order valence-corrected chi connectivity index (χ0v) is 12.5. The van der Waals surface area contributed by atoms with E-state index in [1.54, 1.807) is 6.07 Å². The number of ketones is 1. The minimum atomic E-state index is -0.0444. The topological polar surface area (TPSA) is 49.4 Å². The summed E-state index contributed by atoms with van der Waals surface area (Å²) in [5.41, 5.74) is 0. The third-order valence-electron chi connectivity index (χ3n) is 3.02. The molecule has 0 aromatic carbocycles. The van der Waals surface area contributed by atoms with Gasteiger partial charge < -0.3 is 10.2 Å². The number of hydrogen-bond acceptors (Lipinski definition) is 4. The van der Waals surface area contributed by atoms with E-state index in [-0.39, 0.29) is 24.5 Å². The Labute approximate surface area is 118 Å². The summed E-state index contributed by atoms with van der Waals surface area (Å²) in [6.07, 6.45) is 0.562. The van der Waals surface area contributed by atoms with Crippen LogP contribution in [0, 0.1) is 0 Å². The summed E-state index contributed by atoms with van der Waals surface area (Å²) in [5, 5.41) is 4.73. The molecule has 5 heteroatoms. The van der Waals surface area contributed by atoms with E-state index in [0.717, 1.165) is 24.5 Å². The Hall–Kier alpha value is -1.20. The summed E-state index contributed by atoms with van der Waals surface area (Å²) in [5.74, 6) is 0.00551. The van der Waals surface area contributed by atoms with Gasteiger partial charge in [0.15, 0.2) is 5.78 Å². The number of nitrogens with one attached hydrogen (secondary N) is 1. The first kappa shape index (κ1) is 15.9. The van der Waals surface area contributed by atoms with E-state index in [9.17, 15) is 9.59 Å². The second kappa shape index (κ2) is 8.82. The lowest BCUT2D eigenvalue weighted by molar-refractivity contribution is -0.121. The molecule has 1 aromatic heterocycles. The van der Waals surface area contributed by atoms with Crippen molar-refractivity contribution in [2.45, 2.75) is 26.7 Å². The van der Waals surface area contributed by atoms with Crippen LogP contribution in [0.1, 0.15) is 36.4 Å². The predicted molar refractivity (Wildman–Crippen MR) is 78.7 cm³/mol. The Bertz CT molecular complexity index is 386. The molecular weight excluding hydrogens is 260 g/mol. The van der Waals surface area contributed by atoms with Crippen molar-refractivity contribution < 1.29 is 9.59 Å². The van der Waals surface area contributed by atoms with Crippen molar-refractivity contribution in [2.24, 2.45) is 0 Å². The number of rotatable bonds is 9. The monoisotopic (exact) mass is 282 g/mol. The van der Waals surface area contributed by atoms with Crippen LogP contribution < -0.4 is 5.32 Å². The molecule has 0 spiro atoms. The molecule has 4 nitrogen and oxygen atoms in total. The standard InChI is InChI=1S/C14H22N2O2S/c1-3-16(4-2)10-9-15-14(18)8-7-12(17)13-6-5-11-19-13/h5-6,11H,3-4,7-10H2,1-2H3,(H,15,18). The molecule has 1 aromatic rings. The average Bonchev–Trinajstić information content (AvgIpc) is 2.95. The van der Waals surface area contributed by atoms with Crippen LogP contribution in [0.5, 0.6) is 0 Å². The SMILES string of the molecule is CCN(CC)CCNC(=O)CCC(=O)c1cccs1. The van der Waals surface area contributed by atoms with Crippen LogP contribution in [-0.2, 0) is 4.79 Å². The molecule has 1 amide bonds. The van der Waals surface area contributed by atoms with Crippen LogP contribution in [0.3, 0.4) is 0 Å². The predicted octanol–water partition coefficient (Wildman–Crippen LogP) is 2.17. The summed E-state index contributed by atoms with van der Waals surface area (Å²) in [4.78, 5) is 26.3. The Balaban J connectivity index is 2.16. The van der Waals surface area contributed by atoms with Gasteiger partial charge >= 0.3 is 0 Å². The largest absolute Gasteiger partial charge is 0.355 e. The molecule has 0 fully saturated rings. The van der Waals surface area contributed by atoms with Gasteiger partial charge in [0, 0.05) is 25.9 Å². The summed E-state index contributed by atoms with van der Waals surface area (Å²) < 4.78 is 0. The zero-order valence-electron chi connectivity index (χ0n) is 11.6. The summed E-state index contributed by atoms with van der Waals surface area (Å²) >= 11 is 1.42. The van der Waals surface area contributed by atoms with Gasteiger partial charge in [0.1, 0.15) is 0 Å². The molecular formula is C14H22N2O2S. The minimum Gasteiger partial charge on any atom is -0.355 e. The van der Waals surface area contributed by atoms with Crippen molar-refractivity contribution in [3.63, 3.8) is 0 Å². The molecule has 0 aliphatic rings. The fourth-order valence-corrected chi connectivity index (χ4v) is 2.46. The van der Waals surface area contributed by atoms with E-state index < -0.39 is 0 Å². The summed E-state index contributed by atoms with van der Waals surface area (Å²) in [7, 11) is 0. The van der Waals surface area contributed by atoms with E-state index in [2.05, 4.69) is 24.1 Å². The van der Waals surface area contributed by atoms with Gasteiger partial charge in [-0.15, -0.1) is 11.3 Å². The Morgan fingerprint density at radius 2 is 2.00 bits per heavy atom. The first-order valence-corrected chi connectivity index (χ1v) is 7.61. The van der Waals surface area contributed by atoms with Gasteiger partial charge in [0.25, 0.3) is 0 Å². The molecule has 0 aliphatic carbocycles. The number of likely N-dealkylation sites (N-methyl/N-ethyl adjacent to an activating group) is 1. The minimum absolute atomic E-state index is 0.0444. The average molecular weight is 282 g/mol. The van der Waals surface area contributed by atoms with Crippen molar-refractivity contribution in [3.05, 3.63) is 22.4 Å². The smallest absolute Gasteiger partial charge is 0.220 e. The highest BCUT2D eigenvalue weighted by molar-refractivity contribution is 7.12. The lowest BCUT2D eigenvalue weighted by Gasteiger charge is -2.17. The summed E-state index contributed by atoms with van der Waals surface area (Å²) in [6.45, 7) is 7.69. The number of carbonyl (C=O) groups excluding carboxylic acids is 2. The molecule has 0 bridgehead atoms. The van der Waals surface area contributed by atoms with Crippen LogP contribution in [0.15, 0.2) is 17.5 Å². The van der Waals surface area contributed by atoms with Crippen LogP contribution >= 0.6 is 11.3 Å². The lowest BCUT2D eigenvalue weighted by Crippen LogP contribution is -2.34. The fraction of sp³-hybridized carbons (Fsp3) is 0.571. The molecule has 0 saturated heterocycles. The number of hydrogen-bond donors (Lipinski definition) is 1. The van der Waals surface area contributed by atoms with E-state index in [0.29, 0.717) is 6.54 Å². The van der Waals surface area contributed by atoms with Gasteiger partial charge in [0.05, 0.1) is 4.88 Å². The number of Topliss-reactive ketones (excluding diaryl/α,β-unsaturated/α-hetero) is 1. The highest BCUT2D eigenvalue weighted by Gasteiger charge is 2.09. The molecule has 1 N–H and O–H groups in total. The highest BCUT2D eigenvalue weighted by Crippen LogP contribution is 2.12. The molecule has 0 saturated carbocycles. The number of thiophene rings is 1. The van der Waals surface area contributed by atoms with Crippen LogP contribution in [0.4, 0.5) is 0 Å². The molecule has 0 radical (unpaired) electrons. The number of carbonyl (C=O) groups is 2. The van der Waals surface area contributed by atoms with Gasteiger partial charge in [-0.1, -0.05) is 19.9 Å². The normalized spacial score (nSPS) is 10.7. The molecule has 1 heterocycles. The highest BCUT2D eigenvalue weighted by atomic mass is 32.1. The Kier molecular flexibility index (Phi) is 7.36. The van der Waals surface area contributed by atoms with Crippen LogP contribution in [0.25, 0.3) is 0 Å². The second-order valence-electron chi connectivity index (χ2n) is 4.28. The number of amides is 1. The van der Waals surface area contributed by atoms with Gasteiger partial charge in [-0.2, -0.15) is 0 Å². The van der Waals surface area contributed by atoms with Crippen molar-refractivity contribution in [1.29, 1.82) is 0 Å². The number of nitrogens with zero attached hydrogens (tertiary/aromatic N) is 1. The summed E-state index contributed by atoms with van der Waals surface area (Å²) in [6, 6.07) is 3.65. The van der Waals surface area contributed by atoms with Crippen molar-refractivity contribution in [3.8, 4) is 0 Å². The van der Waals surface area contributed by atoms with Crippen LogP contribution in [-0.4, -0.2) is 42.8 Å². The van der Waals surface area contributed by atoms with E-state index in [4.69, 9.17) is 0 Å². The first-order valence-electron chi connectivity index (χ1n) is 6.73. The fourth-order valence-electron chi connectivity index (χ4n) is 1.77. The van der Waals surface area contributed by atoms with E-state index in [1.165, 1.54) is 11.3 Å². The molecule has 1 rings (SSSR count). The molecule has 0 unspecified atom stereocenters. The van der Waals surface area contributed by atoms with Crippen molar-refractivity contribution in [1.82, 2.24) is 10.2 Å². The maximum atomic E-state index is 11.7. The third kappa shape index (κ3) is 5.98. The lowest BCUT2D eigenvalue weighted by atomic mass is 10.2.